The van der Waals surface area contributed by atoms with Crippen molar-refractivity contribution in [3.05, 3.63) is 30.1 Å². The molecule has 0 saturated carbocycles. The van der Waals surface area contributed by atoms with Gasteiger partial charge in [-0.15, -0.1) is 24.0 Å². The average molecular weight is 526 g/mol. The molecule has 1 amide bonds. The van der Waals surface area contributed by atoms with Crippen LogP contribution < -0.4 is 5.32 Å². The molecule has 30 heavy (non-hydrogen) atoms. The third-order valence-electron chi connectivity index (χ3n) is 5.68. The zero-order valence-electron chi connectivity index (χ0n) is 17.7. The molecule has 1 aromatic carbocycles. The summed E-state index contributed by atoms with van der Waals surface area (Å²) in [5.41, 5.74) is 2.11. The highest BCUT2D eigenvalue weighted by Crippen LogP contribution is 2.17. The molecule has 1 aromatic heterocycles. The van der Waals surface area contributed by atoms with Crippen molar-refractivity contribution in [1.82, 2.24) is 24.7 Å². The first-order valence-electron chi connectivity index (χ1n) is 10.5. The Hall–Kier alpha value is -1.88. The van der Waals surface area contributed by atoms with E-state index in [0.717, 1.165) is 55.3 Å². The molecule has 2 aromatic rings. The minimum absolute atomic E-state index is 0. The maximum absolute atomic E-state index is 12.6. The summed E-state index contributed by atoms with van der Waals surface area (Å²) in [6.45, 7) is 7.04. The third-order valence-corrected chi connectivity index (χ3v) is 5.68. The van der Waals surface area contributed by atoms with Crippen LogP contribution in [0.1, 0.15) is 25.6 Å². The van der Waals surface area contributed by atoms with E-state index in [1.807, 2.05) is 30.1 Å². The summed E-state index contributed by atoms with van der Waals surface area (Å²) in [6, 6.07) is 8.13. The van der Waals surface area contributed by atoms with Crippen molar-refractivity contribution in [2.45, 2.75) is 32.4 Å². The summed E-state index contributed by atoms with van der Waals surface area (Å²) < 4.78 is 7.65. The Morgan fingerprint density at radius 2 is 1.97 bits per heavy atom. The van der Waals surface area contributed by atoms with E-state index in [4.69, 9.17) is 14.7 Å². The number of aromatic nitrogens is 2. The molecule has 4 rings (SSSR count). The minimum atomic E-state index is -0.235. The molecule has 1 atom stereocenters. The van der Waals surface area contributed by atoms with Crippen LogP contribution in [0.4, 0.5) is 0 Å². The molecule has 2 aliphatic rings. The lowest BCUT2D eigenvalue weighted by Gasteiger charge is -2.37. The van der Waals surface area contributed by atoms with E-state index < -0.39 is 0 Å². The summed E-state index contributed by atoms with van der Waals surface area (Å²) >= 11 is 0. The molecule has 0 bridgehead atoms. The second kappa shape index (κ2) is 10.4. The van der Waals surface area contributed by atoms with Crippen molar-refractivity contribution in [2.24, 2.45) is 12.0 Å². The van der Waals surface area contributed by atoms with Crippen LogP contribution in [-0.4, -0.2) is 76.7 Å². The van der Waals surface area contributed by atoms with E-state index in [9.17, 15) is 4.79 Å². The Balaban J connectivity index is 0.00000256. The zero-order chi connectivity index (χ0) is 20.2. The van der Waals surface area contributed by atoms with Crippen molar-refractivity contribution < 1.29 is 9.53 Å². The van der Waals surface area contributed by atoms with E-state index in [0.29, 0.717) is 26.2 Å². The Kier molecular flexibility index (Phi) is 7.93. The van der Waals surface area contributed by atoms with E-state index in [1.54, 1.807) is 0 Å². The molecule has 1 unspecified atom stereocenters. The number of halogens is 1. The molecule has 0 spiro atoms. The number of amides is 1. The Labute approximate surface area is 194 Å². The Bertz CT molecular complexity index is 885. The number of aryl methyl sites for hydroxylation is 1. The predicted octanol–water partition coefficient (Wildman–Crippen LogP) is 1.98. The number of para-hydroxylation sites is 2. The monoisotopic (exact) mass is 526 g/mol. The molecule has 9 heteroatoms. The van der Waals surface area contributed by atoms with Gasteiger partial charge in [0, 0.05) is 46.4 Å². The predicted molar refractivity (Wildman–Crippen MR) is 128 cm³/mol. The van der Waals surface area contributed by atoms with Gasteiger partial charge >= 0.3 is 0 Å². The van der Waals surface area contributed by atoms with E-state index in [2.05, 4.69) is 27.8 Å². The van der Waals surface area contributed by atoms with Gasteiger partial charge < -0.3 is 24.4 Å². The highest BCUT2D eigenvalue weighted by molar-refractivity contribution is 14.0. The fourth-order valence-corrected chi connectivity index (χ4v) is 4.02. The summed E-state index contributed by atoms with van der Waals surface area (Å²) in [5.74, 6) is 1.96. The fraction of sp³-hybridized carbons (Fsp3) is 0.571. The van der Waals surface area contributed by atoms with Crippen LogP contribution in [0.25, 0.3) is 11.0 Å². The van der Waals surface area contributed by atoms with Gasteiger partial charge in [-0.1, -0.05) is 12.1 Å². The second-order valence-corrected chi connectivity index (χ2v) is 7.56. The van der Waals surface area contributed by atoms with Crippen LogP contribution in [0.5, 0.6) is 0 Å². The number of rotatable bonds is 4. The molecule has 0 radical (unpaired) electrons. The van der Waals surface area contributed by atoms with Crippen LogP contribution in [0, 0.1) is 0 Å². The quantitative estimate of drug-likeness (QED) is 0.375. The van der Waals surface area contributed by atoms with Crippen LogP contribution >= 0.6 is 24.0 Å². The molecular formula is C21H31IN6O2. The largest absolute Gasteiger partial charge is 0.368 e. The molecule has 3 heterocycles. The number of imidazole rings is 1. The molecule has 1 N–H and O–H groups in total. The first-order chi connectivity index (χ1) is 14.2. The van der Waals surface area contributed by atoms with E-state index in [-0.39, 0.29) is 36.0 Å². The number of guanidine groups is 1. The standard InChI is InChI=1S/C21H30N6O2.HI/c1-3-22-21(23-15-19-24-16-7-4-5-8-17(16)25(19)2)27-12-10-26(11-13-27)20(28)18-9-6-14-29-18;/h4-5,7-8,18H,3,6,9-15H2,1-2H3,(H,22,23);1H. The lowest BCUT2D eigenvalue weighted by molar-refractivity contribution is -0.142. The van der Waals surface area contributed by atoms with Gasteiger partial charge in [0.2, 0.25) is 0 Å². The fourth-order valence-electron chi connectivity index (χ4n) is 4.02. The van der Waals surface area contributed by atoms with Gasteiger partial charge in [-0.3, -0.25) is 4.79 Å². The average Bonchev–Trinajstić information content (AvgIpc) is 3.40. The highest BCUT2D eigenvalue weighted by atomic mass is 127. The van der Waals surface area contributed by atoms with E-state index in [1.165, 1.54) is 0 Å². The molecule has 164 valence electrons. The van der Waals surface area contributed by atoms with Crippen LogP contribution in [0.15, 0.2) is 29.3 Å². The first kappa shape index (κ1) is 22.8. The zero-order valence-corrected chi connectivity index (χ0v) is 20.0. The van der Waals surface area contributed by atoms with Gasteiger partial charge in [0.05, 0.1) is 11.0 Å². The third kappa shape index (κ3) is 4.88. The smallest absolute Gasteiger partial charge is 0.251 e. The number of fused-ring (bicyclic) bond motifs is 1. The van der Waals surface area contributed by atoms with Gasteiger partial charge in [-0.25, -0.2) is 9.98 Å². The van der Waals surface area contributed by atoms with Crippen LogP contribution in [0.3, 0.4) is 0 Å². The normalized spacial score (nSPS) is 19.8. The van der Waals surface area contributed by atoms with Crippen molar-refractivity contribution in [1.29, 1.82) is 0 Å². The number of aliphatic imine (C=N–C) groups is 1. The molecule has 0 aliphatic carbocycles. The molecule has 2 saturated heterocycles. The number of hydrogen-bond acceptors (Lipinski definition) is 4. The molecular weight excluding hydrogens is 495 g/mol. The van der Waals surface area contributed by atoms with E-state index >= 15 is 0 Å². The SMILES string of the molecule is CCNC(=NCc1nc2ccccc2n1C)N1CCN(C(=O)C2CCCO2)CC1.I. The van der Waals surface area contributed by atoms with Crippen molar-refractivity contribution in [3.8, 4) is 0 Å². The first-order valence-corrected chi connectivity index (χ1v) is 10.5. The second-order valence-electron chi connectivity index (χ2n) is 7.56. The van der Waals surface area contributed by atoms with Crippen LogP contribution in [-0.2, 0) is 23.1 Å². The lowest BCUT2D eigenvalue weighted by atomic mass is 10.2. The van der Waals surface area contributed by atoms with Gasteiger partial charge in [0.15, 0.2) is 5.96 Å². The Morgan fingerprint density at radius 3 is 2.63 bits per heavy atom. The van der Waals surface area contributed by atoms with Crippen LogP contribution in [0.2, 0.25) is 0 Å². The maximum atomic E-state index is 12.6. The number of carbonyl (C=O) groups is 1. The molecule has 2 aliphatic heterocycles. The highest BCUT2D eigenvalue weighted by Gasteiger charge is 2.30. The van der Waals surface area contributed by atoms with Gasteiger partial charge in [-0.05, 0) is 31.9 Å². The van der Waals surface area contributed by atoms with Crippen molar-refractivity contribution in [3.63, 3.8) is 0 Å². The lowest BCUT2D eigenvalue weighted by Crippen LogP contribution is -2.55. The molecule has 8 nitrogen and oxygen atoms in total. The maximum Gasteiger partial charge on any atom is 0.251 e. The van der Waals surface area contributed by atoms with Gasteiger partial charge in [0.1, 0.15) is 18.5 Å². The summed E-state index contributed by atoms with van der Waals surface area (Å²) in [5, 5.41) is 3.39. The number of hydrogen-bond donors (Lipinski definition) is 1. The number of nitrogens with zero attached hydrogens (tertiary/aromatic N) is 5. The van der Waals surface area contributed by atoms with Crippen molar-refractivity contribution in [2.75, 3.05) is 39.3 Å². The summed E-state index contributed by atoms with van der Waals surface area (Å²) in [7, 11) is 2.03. The number of ether oxygens (including phenoxy) is 1. The number of benzene rings is 1. The van der Waals surface area contributed by atoms with Gasteiger partial charge in [0.25, 0.3) is 5.91 Å². The van der Waals surface area contributed by atoms with Gasteiger partial charge in [-0.2, -0.15) is 0 Å². The number of nitrogens with one attached hydrogen (secondary N) is 1. The summed E-state index contributed by atoms with van der Waals surface area (Å²) in [4.78, 5) is 26.3. The molecule has 2 fully saturated rings. The topological polar surface area (TPSA) is 75.0 Å². The number of carbonyl (C=O) groups excluding carboxylic acids is 1. The minimum Gasteiger partial charge on any atom is -0.368 e. The summed E-state index contributed by atoms with van der Waals surface area (Å²) in [6.07, 6.45) is 1.60. The number of piperazine rings is 1. The Morgan fingerprint density at radius 1 is 1.23 bits per heavy atom. The van der Waals surface area contributed by atoms with Crippen molar-refractivity contribution >= 4 is 46.9 Å².